The van der Waals surface area contributed by atoms with E-state index in [0.29, 0.717) is 18.2 Å². The molecule has 1 heterocycles. The molecule has 1 amide bonds. The van der Waals surface area contributed by atoms with E-state index in [1.165, 1.54) is 11.3 Å². The standard InChI is InChI=1S/C16H21N3OS/c1-10(2)13(9-17)19-16(20)14-15(21-11(3)18-14)12-7-5-4-6-8-12/h4-8,10,13H,9,17H2,1-3H3,(H,19,20)/t13-/m0/s1. The van der Waals surface area contributed by atoms with Gasteiger partial charge in [0.05, 0.1) is 9.88 Å². The lowest BCUT2D eigenvalue weighted by molar-refractivity contribution is 0.0924. The van der Waals surface area contributed by atoms with Crippen molar-refractivity contribution in [3.8, 4) is 10.4 Å². The van der Waals surface area contributed by atoms with Gasteiger partial charge in [-0.2, -0.15) is 0 Å². The summed E-state index contributed by atoms with van der Waals surface area (Å²) in [4.78, 5) is 17.8. The lowest BCUT2D eigenvalue weighted by atomic mass is 10.0. The molecule has 0 saturated heterocycles. The topological polar surface area (TPSA) is 68.0 Å². The van der Waals surface area contributed by atoms with Gasteiger partial charge in [-0.25, -0.2) is 4.98 Å². The maximum Gasteiger partial charge on any atom is 0.271 e. The molecule has 0 aliphatic rings. The fourth-order valence-electron chi connectivity index (χ4n) is 2.10. The number of benzene rings is 1. The molecular formula is C16H21N3OS. The Kier molecular flexibility index (Phi) is 5.09. The molecule has 1 aromatic heterocycles. The number of nitrogens with two attached hydrogens (primary N) is 1. The number of carbonyl (C=O) groups excluding carboxylic acids is 1. The van der Waals surface area contributed by atoms with Crippen molar-refractivity contribution in [2.45, 2.75) is 26.8 Å². The Labute approximate surface area is 129 Å². The monoisotopic (exact) mass is 303 g/mol. The van der Waals surface area contributed by atoms with Gasteiger partial charge in [-0.3, -0.25) is 4.79 Å². The normalized spacial score (nSPS) is 12.4. The Morgan fingerprint density at radius 2 is 2.00 bits per heavy atom. The van der Waals surface area contributed by atoms with Crippen molar-refractivity contribution in [3.63, 3.8) is 0 Å². The molecule has 0 spiro atoms. The average Bonchev–Trinajstić information content (AvgIpc) is 2.87. The van der Waals surface area contributed by atoms with E-state index in [0.717, 1.165) is 15.4 Å². The van der Waals surface area contributed by atoms with Crippen molar-refractivity contribution in [2.24, 2.45) is 11.7 Å². The molecule has 5 heteroatoms. The second-order valence-electron chi connectivity index (χ2n) is 5.34. The van der Waals surface area contributed by atoms with E-state index in [4.69, 9.17) is 5.73 Å². The van der Waals surface area contributed by atoms with Crippen LogP contribution in [0.3, 0.4) is 0 Å². The SMILES string of the molecule is Cc1nc(C(=O)N[C@@H](CN)C(C)C)c(-c2ccccc2)s1. The van der Waals surface area contributed by atoms with Crippen molar-refractivity contribution >= 4 is 17.2 Å². The van der Waals surface area contributed by atoms with Crippen molar-refractivity contribution < 1.29 is 4.79 Å². The van der Waals surface area contributed by atoms with Crippen LogP contribution in [0.4, 0.5) is 0 Å². The van der Waals surface area contributed by atoms with Crippen molar-refractivity contribution in [2.75, 3.05) is 6.54 Å². The second-order valence-corrected chi connectivity index (χ2v) is 6.54. The van der Waals surface area contributed by atoms with Crippen LogP contribution in [0, 0.1) is 12.8 Å². The van der Waals surface area contributed by atoms with E-state index in [1.54, 1.807) is 0 Å². The van der Waals surface area contributed by atoms with Crippen LogP contribution in [-0.2, 0) is 0 Å². The first-order chi connectivity index (χ1) is 10.0. The molecule has 2 aromatic rings. The molecule has 21 heavy (non-hydrogen) atoms. The third kappa shape index (κ3) is 3.68. The van der Waals surface area contributed by atoms with Gasteiger partial charge in [-0.1, -0.05) is 44.2 Å². The van der Waals surface area contributed by atoms with Crippen molar-refractivity contribution in [3.05, 3.63) is 41.0 Å². The Morgan fingerprint density at radius 3 is 2.57 bits per heavy atom. The molecule has 0 aliphatic heterocycles. The van der Waals surface area contributed by atoms with Crippen LogP contribution in [0.25, 0.3) is 10.4 Å². The van der Waals surface area contributed by atoms with E-state index in [-0.39, 0.29) is 11.9 Å². The predicted octanol–water partition coefficient (Wildman–Crippen LogP) is 2.83. The quantitative estimate of drug-likeness (QED) is 0.892. The summed E-state index contributed by atoms with van der Waals surface area (Å²) in [6.07, 6.45) is 0. The predicted molar refractivity (Wildman–Crippen MR) is 87.4 cm³/mol. The zero-order chi connectivity index (χ0) is 15.4. The van der Waals surface area contributed by atoms with Crippen LogP contribution in [0.15, 0.2) is 30.3 Å². The van der Waals surface area contributed by atoms with Gasteiger partial charge in [-0.15, -0.1) is 11.3 Å². The molecule has 0 aliphatic carbocycles. The van der Waals surface area contributed by atoms with Crippen LogP contribution in [0.2, 0.25) is 0 Å². The third-order valence-corrected chi connectivity index (χ3v) is 4.38. The van der Waals surface area contributed by atoms with Crippen LogP contribution in [0.1, 0.15) is 29.3 Å². The summed E-state index contributed by atoms with van der Waals surface area (Å²) in [6, 6.07) is 9.83. The molecule has 1 aromatic carbocycles. The van der Waals surface area contributed by atoms with E-state index < -0.39 is 0 Å². The van der Waals surface area contributed by atoms with Crippen LogP contribution >= 0.6 is 11.3 Å². The Hall–Kier alpha value is -1.72. The maximum atomic E-state index is 12.5. The van der Waals surface area contributed by atoms with E-state index >= 15 is 0 Å². The lowest BCUT2D eigenvalue weighted by Crippen LogP contribution is -2.43. The third-order valence-electron chi connectivity index (χ3n) is 3.36. The maximum absolute atomic E-state index is 12.5. The number of carbonyl (C=O) groups is 1. The van der Waals surface area contributed by atoms with Crippen LogP contribution in [0.5, 0.6) is 0 Å². The van der Waals surface area contributed by atoms with E-state index in [1.807, 2.05) is 51.1 Å². The van der Waals surface area contributed by atoms with Gasteiger partial charge in [0, 0.05) is 12.6 Å². The minimum absolute atomic E-state index is 0.0388. The zero-order valence-electron chi connectivity index (χ0n) is 12.6. The number of hydrogen-bond acceptors (Lipinski definition) is 4. The number of nitrogens with one attached hydrogen (secondary N) is 1. The van der Waals surface area contributed by atoms with Gasteiger partial charge in [0.2, 0.25) is 0 Å². The first kappa shape index (κ1) is 15.7. The Balaban J connectivity index is 2.30. The molecule has 0 unspecified atom stereocenters. The van der Waals surface area contributed by atoms with Gasteiger partial charge in [0.15, 0.2) is 0 Å². The van der Waals surface area contributed by atoms with Crippen LogP contribution < -0.4 is 11.1 Å². The number of nitrogens with zero attached hydrogens (tertiary/aromatic N) is 1. The molecule has 0 fully saturated rings. The molecular weight excluding hydrogens is 282 g/mol. The van der Waals surface area contributed by atoms with Gasteiger partial charge in [-0.05, 0) is 18.4 Å². The average molecular weight is 303 g/mol. The minimum atomic E-state index is -0.151. The molecule has 0 bridgehead atoms. The second kappa shape index (κ2) is 6.83. The van der Waals surface area contributed by atoms with Gasteiger partial charge in [0.1, 0.15) is 5.69 Å². The summed E-state index contributed by atoms with van der Waals surface area (Å²) in [7, 11) is 0. The Bertz CT molecular complexity index is 607. The van der Waals surface area contributed by atoms with Gasteiger partial charge in [0.25, 0.3) is 5.91 Å². The molecule has 0 radical (unpaired) electrons. The molecule has 112 valence electrons. The fraction of sp³-hybridized carbons (Fsp3) is 0.375. The molecule has 4 nitrogen and oxygen atoms in total. The highest BCUT2D eigenvalue weighted by Crippen LogP contribution is 2.30. The van der Waals surface area contributed by atoms with E-state index in [2.05, 4.69) is 10.3 Å². The number of amides is 1. The summed E-state index contributed by atoms with van der Waals surface area (Å²) in [5.41, 5.74) is 7.23. The molecule has 1 atom stereocenters. The first-order valence-corrected chi connectivity index (χ1v) is 7.88. The number of aryl methyl sites for hydroxylation is 1. The summed E-state index contributed by atoms with van der Waals surface area (Å²) in [6.45, 7) is 6.42. The van der Waals surface area contributed by atoms with E-state index in [9.17, 15) is 4.79 Å². The van der Waals surface area contributed by atoms with Crippen LogP contribution in [-0.4, -0.2) is 23.5 Å². The van der Waals surface area contributed by atoms with Gasteiger partial charge >= 0.3 is 0 Å². The highest BCUT2D eigenvalue weighted by Gasteiger charge is 2.21. The number of hydrogen-bond donors (Lipinski definition) is 2. The largest absolute Gasteiger partial charge is 0.346 e. The number of rotatable bonds is 5. The zero-order valence-corrected chi connectivity index (χ0v) is 13.4. The molecule has 0 saturated carbocycles. The fourth-order valence-corrected chi connectivity index (χ4v) is 3.02. The molecule has 3 N–H and O–H groups in total. The van der Waals surface area contributed by atoms with Gasteiger partial charge < -0.3 is 11.1 Å². The highest BCUT2D eigenvalue weighted by atomic mass is 32.1. The minimum Gasteiger partial charge on any atom is -0.346 e. The molecule has 2 rings (SSSR count). The lowest BCUT2D eigenvalue weighted by Gasteiger charge is -2.20. The van der Waals surface area contributed by atoms with Crippen molar-refractivity contribution in [1.29, 1.82) is 0 Å². The number of aromatic nitrogens is 1. The first-order valence-electron chi connectivity index (χ1n) is 7.06. The summed E-state index contributed by atoms with van der Waals surface area (Å²) < 4.78 is 0. The Morgan fingerprint density at radius 1 is 1.33 bits per heavy atom. The summed E-state index contributed by atoms with van der Waals surface area (Å²) in [5, 5.41) is 3.87. The highest BCUT2D eigenvalue weighted by molar-refractivity contribution is 7.15. The van der Waals surface area contributed by atoms with Crippen molar-refractivity contribution in [1.82, 2.24) is 10.3 Å². The smallest absolute Gasteiger partial charge is 0.271 e. The summed E-state index contributed by atoms with van der Waals surface area (Å²) in [5.74, 6) is 0.140. The summed E-state index contributed by atoms with van der Waals surface area (Å²) >= 11 is 1.54. The number of thiazole rings is 1.